The van der Waals surface area contributed by atoms with Gasteiger partial charge in [-0.15, -0.1) is 0 Å². The number of nitrogens with zero attached hydrogens (tertiary/aromatic N) is 4. The fourth-order valence-corrected chi connectivity index (χ4v) is 5.95. The molecule has 3 atom stereocenters. The van der Waals surface area contributed by atoms with Gasteiger partial charge in [0.2, 0.25) is 5.91 Å². The number of imidazole rings is 1. The number of likely N-dealkylation sites (tertiary alicyclic amines) is 2. The second-order valence-corrected chi connectivity index (χ2v) is 10.6. The lowest BCUT2D eigenvalue weighted by Crippen LogP contribution is -2.52. The van der Waals surface area contributed by atoms with Crippen LogP contribution in [-0.2, 0) is 4.79 Å². The van der Waals surface area contributed by atoms with Gasteiger partial charge in [0.15, 0.2) is 0 Å². The minimum atomic E-state index is -0.437. The Morgan fingerprint density at radius 2 is 1.94 bits per heavy atom. The third-order valence-corrected chi connectivity index (χ3v) is 7.58. The molecule has 0 radical (unpaired) electrons. The van der Waals surface area contributed by atoms with Gasteiger partial charge in [-0.3, -0.25) is 14.5 Å². The number of carbonyl (C=O) groups excluding carboxylic acids is 2. The van der Waals surface area contributed by atoms with Crippen molar-refractivity contribution in [2.24, 2.45) is 5.92 Å². The summed E-state index contributed by atoms with van der Waals surface area (Å²) in [5.41, 5.74) is 1.93. The second-order valence-electron chi connectivity index (χ2n) is 10.2. The van der Waals surface area contributed by atoms with Crippen LogP contribution >= 0.6 is 11.6 Å². The van der Waals surface area contributed by atoms with E-state index in [1.165, 1.54) is 12.1 Å². The summed E-state index contributed by atoms with van der Waals surface area (Å²) in [5, 5.41) is 3.53. The second kappa shape index (κ2) is 10.2. The van der Waals surface area contributed by atoms with Crippen LogP contribution in [0.3, 0.4) is 0 Å². The number of hydrogen-bond donors (Lipinski definition) is 1. The van der Waals surface area contributed by atoms with E-state index in [1.807, 2.05) is 12.3 Å². The summed E-state index contributed by atoms with van der Waals surface area (Å²) in [7, 11) is 0. The quantitative estimate of drug-likeness (QED) is 0.543. The number of amides is 2. The normalized spacial score (nSPS) is 21.4. The number of carbonyl (C=O) groups is 2. The van der Waals surface area contributed by atoms with Crippen molar-refractivity contribution < 1.29 is 14.0 Å². The Balaban J connectivity index is 1.44. The average molecular weight is 512 g/mol. The summed E-state index contributed by atoms with van der Waals surface area (Å²) < 4.78 is 16.1. The number of nitrogens with one attached hydrogen (secondary N) is 1. The standard InChI is InChI=1S/C27H31ClFN5O2/c1-17(2)25(32-7-3-4-8-32)26(35)31-23-15-34(14-22(23)18-10-19(28)12-20(29)11-18)27(36)21-6-5-9-33-16-30-13-24(21)33/h5-6,9-13,16-17,22-23,25H,3-4,7-8,14-15H2,1-2H3,(H,31,35)/t22-,23+,25+/m0/s1. The highest BCUT2D eigenvalue weighted by Gasteiger charge is 2.40. The zero-order valence-electron chi connectivity index (χ0n) is 20.5. The van der Waals surface area contributed by atoms with E-state index in [4.69, 9.17) is 11.6 Å². The molecule has 3 aromatic rings. The van der Waals surface area contributed by atoms with Crippen molar-refractivity contribution in [3.05, 3.63) is 71.0 Å². The number of benzene rings is 1. The molecule has 5 rings (SSSR count). The van der Waals surface area contributed by atoms with Crippen LogP contribution in [0, 0.1) is 11.7 Å². The first kappa shape index (κ1) is 24.7. The van der Waals surface area contributed by atoms with Gasteiger partial charge in [0.1, 0.15) is 5.82 Å². The van der Waals surface area contributed by atoms with E-state index < -0.39 is 5.82 Å². The molecule has 2 aliphatic rings. The number of pyridine rings is 1. The lowest BCUT2D eigenvalue weighted by atomic mass is 9.93. The molecule has 1 aromatic carbocycles. The van der Waals surface area contributed by atoms with Crippen LogP contribution in [0.2, 0.25) is 5.02 Å². The molecular formula is C27H31ClFN5O2. The minimum Gasteiger partial charge on any atom is -0.350 e. The van der Waals surface area contributed by atoms with Crippen LogP contribution in [0.4, 0.5) is 4.39 Å². The highest BCUT2D eigenvalue weighted by molar-refractivity contribution is 6.30. The molecule has 2 saturated heterocycles. The molecule has 0 saturated carbocycles. The SMILES string of the molecule is CC(C)[C@H](C(=O)N[C@@H]1CN(C(=O)c2cccn3cncc23)C[C@H]1c1cc(F)cc(Cl)c1)N1CCCC1. The van der Waals surface area contributed by atoms with Gasteiger partial charge in [0, 0.05) is 30.2 Å². The van der Waals surface area contributed by atoms with Crippen molar-refractivity contribution in [2.75, 3.05) is 26.2 Å². The molecular weight excluding hydrogens is 481 g/mol. The van der Waals surface area contributed by atoms with E-state index in [1.54, 1.807) is 34.0 Å². The van der Waals surface area contributed by atoms with Crippen molar-refractivity contribution in [3.63, 3.8) is 0 Å². The van der Waals surface area contributed by atoms with Crippen LogP contribution in [-0.4, -0.2) is 69.3 Å². The van der Waals surface area contributed by atoms with E-state index in [9.17, 15) is 14.0 Å². The zero-order chi connectivity index (χ0) is 25.4. The van der Waals surface area contributed by atoms with Crippen molar-refractivity contribution in [3.8, 4) is 0 Å². The van der Waals surface area contributed by atoms with Gasteiger partial charge in [-0.25, -0.2) is 9.37 Å². The average Bonchev–Trinajstić information content (AvgIpc) is 3.58. The molecule has 36 heavy (non-hydrogen) atoms. The Morgan fingerprint density at radius 3 is 2.67 bits per heavy atom. The molecule has 2 aliphatic heterocycles. The molecule has 4 heterocycles. The molecule has 7 nitrogen and oxygen atoms in total. The van der Waals surface area contributed by atoms with Gasteiger partial charge in [-0.2, -0.15) is 0 Å². The van der Waals surface area contributed by atoms with E-state index >= 15 is 0 Å². The maximum Gasteiger partial charge on any atom is 0.256 e. The first-order chi connectivity index (χ1) is 17.3. The van der Waals surface area contributed by atoms with Gasteiger partial charge < -0.3 is 14.6 Å². The third-order valence-electron chi connectivity index (χ3n) is 7.36. The Morgan fingerprint density at radius 1 is 1.17 bits per heavy atom. The smallest absolute Gasteiger partial charge is 0.256 e. The lowest BCUT2D eigenvalue weighted by Gasteiger charge is -2.31. The summed E-state index contributed by atoms with van der Waals surface area (Å²) in [6, 6.07) is 7.41. The largest absolute Gasteiger partial charge is 0.350 e. The maximum absolute atomic E-state index is 14.3. The zero-order valence-corrected chi connectivity index (χ0v) is 21.3. The predicted molar refractivity (Wildman–Crippen MR) is 137 cm³/mol. The summed E-state index contributed by atoms with van der Waals surface area (Å²) >= 11 is 6.18. The molecule has 0 bridgehead atoms. The van der Waals surface area contributed by atoms with Crippen LogP contribution < -0.4 is 5.32 Å². The van der Waals surface area contributed by atoms with Gasteiger partial charge in [0.25, 0.3) is 5.91 Å². The number of hydrogen-bond acceptors (Lipinski definition) is 4. The Kier molecular flexibility index (Phi) is 6.99. The highest BCUT2D eigenvalue weighted by atomic mass is 35.5. The fourth-order valence-electron chi connectivity index (χ4n) is 5.72. The van der Waals surface area contributed by atoms with Gasteiger partial charge >= 0.3 is 0 Å². The molecule has 0 aliphatic carbocycles. The highest BCUT2D eigenvalue weighted by Crippen LogP contribution is 2.32. The number of aromatic nitrogens is 2. The molecule has 0 spiro atoms. The van der Waals surface area contributed by atoms with Crippen molar-refractivity contribution in [2.45, 2.75) is 44.7 Å². The number of fused-ring (bicyclic) bond motifs is 1. The first-order valence-electron chi connectivity index (χ1n) is 12.5. The Hall–Kier alpha value is -2.97. The summed E-state index contributed by atoms with van der Waals surface area (Å²) in [6.45, 7) is 6.60. The maximum atomic E-state index is 14.3. The Labute approximate surface area is 215 Å². The summed E-state index contributed by atoms with van der Waals surface area (Å²) in [4.78, 5) is 35.3. The molecule has 0 unspecified atom stereocenters. The van der Waals surface area contributed by atoms with Crippen LogP contribution in [0.25, 0.3) is 5.52 Å². The molecule has 9 heteroatoms. The monoisotopic (exact) mass is 511 g/mol. The lowest BCUT2D eigenvalue weighted by molar-refractivity contribution is -0.128. The molecule has 2 amide bonds. The molecule has 2 fully saturated rings. The van der Waals surface area contributed by atoms with E-state index in [0.29, 0.717) is 34.8 Å². The first-order valence-corrected chi connectivity index (χ1v) is 12.9. The molecule has 2 aromatic heterocycles. The minimum absolute atomic E-state index is 0.0448. The number of rotatable bonds is 6. The molecule has 190 valence electrons. The van der Waals surface area contributed by atoms with Crippen molar-refractivity contribution in [1.29, 1.82) is 0 Å². The van der Waals surface area contributed by atoms with Gasteiger partial charge in [-0.05, 0) is 67.7 Å². The summed E-state index contributed by atoms with van der Waals surface area (Å²) in [6.07, 6.45) is 7.34. The number of halogens is 2. The van der Waals surface area contributed by atoms with Crippen LogP contribution in [0.1, 0.15) is 48.5 Å². The van der Waals surface area contributed by atoms with E-state index in [0.717, 1.165) is 25.9 Å². The fraction of sp³-hybridized carbons (Fsp3) is 0.444. The van der Waals surface area contributed by atoms with Gasteiger partial charge in [-0.1, -0.05) is 25.4 Å². The van der Waals surface area contributed by atoms with Crippen molar-refractivity contribution >= 4 is 28.9 Å². The van der Waals surface area contributed by atoms with Gasteiger partial charge in [0.05, 0.1) is 35.7 Å². The molecule has 1 N–H and O–H groups in total. The van der Waals surface area contributed by atoms with E-state index in [-0.39, 0.29) is 35.7 Å². The van der Waals surface area contributed by atoms with Crippen LogP contribution in [0.15, 0.2) is 49.1 Å². The topological polar surface area (TPSA) is 70.0 Å². The third kappa shape index (κ3) is 4.84. The summed E-state index contributed by atoms with van der Waals surface area (Å²) in [5.74, 6) is -0.777. The Bertz CT molecular complexity index is 1250. The van der Waals surface area contributed by atoms with Crippen LogP contribution in [0.5, 0.6) is 0 Å². The van der Waals surface area contributed by atoms with Crippen molar-refractivity contribution in [1.82, 2.24) is 24.5 Å². The predicted octanol–water partition coefficient (Wildman–Crippen LogP) is 3.97. The van der Waals surface area contributed by atoms with E-state index in [2.05, 4.69) is 29.0 Å².